The van der Waals surface area contributed by atoms with E-state index >= 15 is 0 Å². The number of amides is 1. The Balaban J connectivity index is 1.43. The van der Waals surface area contributed by atoms with Crippen LogP contribution < -0.4 is 15.6 Å². The first kappa shape index (κ1) is 20.3. The van der Waals surface area contributed by atoms with Gasteiger partial charge in [0.15, 0.2) is 0 Å². The van der Waals surface area contributed by atoms with Gasteiger partial charge in [0.1, 0.15) is 18.0 Å². The maximum absolute atomic E-state index is 12.4. The van der Waals surface area contributed by atoms with E-state index in [1.54, 1.807) is 18.3 Å². The summed E-state index contributed by atoms with van der Waals surface area (Å²) < 4.78 is 7.39. The zero-order valence-corrected chi connectivity index (χ0v) is 17.2. The van der Waals surface area contributed by atoms with Gasteiger partial charge in [-0.1, -0.05) is 42.5 Å². The lowest BCUT2D eigenvalue weighted by atomic mass is 10.1. The summed E-state index contributed by atoms with van der Waals surface area (Å²) in [5.41, 5.74) is 3.68. The minimum absolute atomic E-state index is 0.0857. The average Bonchev–Trinajstić information content (AvgIpc) is 2.77. The topological polar surface area (TPSA) is 72.7 Å². The fourth-order valence-electron chi connectivity index (χ4n) is 3.29. The summed E-state index contributed by atoms with van der Waals surface area (Å²) in [6.07, 6.45) is 2.76. The number of nitrogens with one attached hydrogen (secondary N) is 1. The number of rotatable bonds is 7. The van der Waals surface area contributed by atoms with Crippen LogP contribution >= 0.6 is 0 Å². The largest absolute Gasteiger partial charge is 0.485 e. The van der Waals surface area contributed by atoms with E-state index in [2.05, 4.69) is 10.3 Å². The number of carbonyl (C=O) groups is 1. The number of para-hydroxylation sites is 2. The molecule has 4 aromatic rings. The lowest BCUT2D eigenvalue weighted by Gasteiger charge is -2.13. The summed E-state index contributed by atoms with van der Waals surface area (Å²) in [6, 6.07) is 22.3. The van der Waals surface area contributed by atoms with Crippen molar-refractivity contribution in [2.24, 2.45) is 0 Å². The van der Waals surface area contributed by atoms with E-state index in [9.17, 15) is 9.59 Å². The number of benzene rings is 2. The molecule has 1 amide bonds. The first-order valence-electron chi connectivity index (χ1n) is 10.1. The number of ether oxygens (including phenoxy) is 1. The molecule has 0 aliphatic rings. The smallest absolute Gasteiger partial charge is 0.258 e. The molecule has 0 radical (unpaired) electrons. The molecule has 6 nitrogen and oxygen atoms in total. The molecule has 2 heterocycles. The summed E-state index contributed by atoms with van der Waals surface area (Å²) in [7, 11) is 0. The van der Waals surface area contributed by atoms with Crippen molar-refractivity contribution in [1.29, 1.82) is 0 Å². The summed E-state index contributed by atoms with van der Waals surface area (Å²) in [5.74, 6) is 0.444. The van der Waals surface area contributed by atoms with E-state index in [4.69, 9.17) is 4.74 Å². The quantitative estimate of drug-likeness (QED) is 0.494. The third kappa shape index (κ3) is 5.17. The van der Waals surface area contributed by atoms with Crippen LogP contribution in [-0.2, 0) is 17.8 Å². The Kier molecular flexibility index (Phi) is 6.08. The molecular formula is C25H23N3O3. The molecule has 31 heavy (non-hydrogen) atoms. The van der Waals surface area contributed by atoms with Crippen molar-refractivity contribution in [1.82, 2.24) is 9.38 Å². The highest BCUT2D eigenvalue weighted by molar-refractivity contribution is 5.92. The number of nitrogens with zero attached hydrogens (tertiary/aromatic N) is 2. The van der Waals surface area contributed by atoms with E-state index in [1.807, 2.05) is 61.5 Å². The summed E-state index contributed by atoms with van der Waals surface area (Å²) >= 11 is 0. The summed E-state index contributed by atoms with van der Waals surface area (Å²) in [4.78, 5) is 29.3. The van der Waals surface area contributed by atoms with Crippen LogP contribution in [0.2, 0.25) is 0 Å². The second-order valence-corrected chi connectivity index (χ2v) is 7.34. The Morgan fingerprint density at radius 1 is 1.03 bits per heavy atom. The highest BCUT2D eigenvalue weighted by Crippen LogP contribution is 2.25. The molecule has 0 saturated heterocycles. The van der Waals surface area contributed by atoms with Crippen LogP contribution in [-0.4, -0.2) is 15.3 Å². The van der Waals surface area contributed by atoms with E-state index in [1.165, 1.54) is 10.5 Å². The van der Waals surface area contributed by atoms with Gasteiger partial charge in [-0.3, -0.25) is 14.0 Å². The highest BCUT2D eigenvalue weighted by atomic mass is 16.5. The molecule has 2 aromatic carbocycles. The molecule has 6 heteroatoms. The normalized spacial score (nSPS) is 10.7. The zero-order chi connectivity index (χ0) is 21.6. The van der Waals surface area contributed by atoms with Crippen molar-refractivity contribution >= 4 is 17.2 Å². The maximum Gasteiger partial charge on any atom is 0.258 e. The number of pyridine rings is 1. The van der Waals surface area contributed by atoms with Gasteiger partial charge in [-0.25, -0.2) is 4.98 Å². The molecule has 0 fully saturated rings. The number of fused-ring (bicyclic) bond motifs is 1. The van der Waals surface area contributed by atoms with Crippen molar-refractivity contribution in [3.63, 3.8) is 0 Å². The molecule has 156 valence electrons. The second kappa shape index (κ2) is 9.26. The van der Waals surface area contributed by atoms with Crippen molar-refractivity contribution < 1.29 is 9.53 Å². The van der Waals surface area contributed by atoms with Gasteiger partial charge < -0.3 is 10.1 Å². The van der Waals surface area contributed by atoms with Gasteiger partial charge in [-0.2, -0.15) is 0 Å². The Bertz CT molecular complexity index is 1270. The fraction of sp³-hybridized carbons (Fsp3) is 0.160. The number of hydrogen-bond acceptors (Lipinski definition) is 4. The molecule has 2 aromatic heterocycles. The maximum atomic E-state index is 12.4. The molecule has 0 saturated carbocycles. The highest BCUT2D eigenvalue weighted by Gasteiger charge is 2.10. The van der Waals surface area contributed by atoms with Crippen LogP contribution in [0.15, 0.2) is 83.8 Å². The van der Waals surface area contributed by atoms with Crippen LogP contribution in [0.3, 0.4) is 0 Å². The molecule has 4 rings (SSSR count). The Hall–Kier alpha value is -3.93. The lowest BCUT2D eigenvalue weighted by molar-refractivity contribution is -0.116. The third-order valence-electron chi connectivity index (χ3n) is 4.90. The fourth-order valence-corrected chi connectivity index (χ4v) is 3.29. The predicted molar refractivity (Wildman–Crippen MR) is 120 cm³/mol. The number of hydrogen-bond donors (Lipinski definition) is 1. The van der Waals surface area contributed by atoms with Crippen molar-refractivity contribution in [2.75, 3.05) is 5.32 Å². The first-order valence-corrected chi connectivity index (χ1v) is 10.1. The molecule has 0 unspecified atom stereocenters. The minimum Gasteiger partial charge on any atom is -0.485 e. The van der Waals surface area contributed by atoms with Crippen LogP contribution in [0.25, 0.3) is 5.65 Å². The van der Waals surface area contributed by atoms with Gasteiger partial charge in [0.05, 0.1) is 11.4 Å². The summed E-state index contributed by atoms with van der Waals surface area (Å²) in [6.45, 7) is 2.07. The minimum atomic E-state index is -0.161. The Morgan fingerprint density at radius 3 is 2.65 bits per heavy atom. The standard InChI is InChI=1S/C25H23N3O3/c1-18-13-14-28-23(15-18)26-20(16-25(28)30)17-31-22-10-6-5-9-21(22)27-24(29)12-11-19-7-3-2-4-8-19/h2-10,13-16H,11-12,17H2,1H3,(H,27,29). The third-order valence-corrected chi connectivity index (χ3v) is 4.90. The molecular weight excluding hydrogens is 390 g/mol. The molecule has 1 N–H and O–H groups in total. The monoisotopic (exact) mass is 413 g/mol. The average molecular weight is 413 g/mol. The van der Waals surface area contributed by atoms with E-state index in [0.29, 0.717) is 35.6 Å². The van der Waals surface area contributed by atoms with E-state index < -0.39 is 0 Å². The van der Waals surface area contributed by atoms with Crippen LogP contribution in [0.1, 0.15) is 23.2 Å². The predicted octanol–water partition coefficient (Wildman–Crippen LogP) is 4.15. The van der Waals surface area contributed by atoms with Crippen molar-refractivity contribution in [3.05, 3.63) is 106 Å². The number of aryl methyl sites for hydroxylation is 2. The van der Waals surface area contributed by atoms with Crippen LogP contribution in [0, 0.1) is 6.92 Å². The second-order valence-electron chi connectivity index (χ2n) is 7.34. The van der Waals surface area contributed by atoms with Crippen molar-refractivity contribution in [2.45, 2.75) is 26.4 Å². The Morgan fingerprint density at radius 2 is 1.81 bits per heavy atom. The SMILES string of the molecule is Cc1ccn2c(=O)cc(COc3ccccc3NC(=O)CCc3ccccc3)nc2c1. The molecule has 0 aliphatic heterocycles. The van der Waals surface area contributed by atoms with Crippen LogP contribution in [0.4, 0.5) is 5.69 Å². The Labute approximate surface area is 180 Å². The van der Waals surface area contributed by atoms with Gasteiger partial charge in [-0.15, -0.1) is 0 Å². The molecule has 0 aliphatic carbocycles. The van der Waals surface area contributed by atoms with Gasteiger partial charge in [0, 0.05) is 18.7 Å². The first-order chi connectivity index (χ1) is 15.1. The molecule has 0 atom stereocenters. The number of aromatic nitrogens is 2. The van der Waals surface area contributed by atoms with Crippen molar-refractivity contribution in [3.8, 4) is 5.75 Å². The molecule has 0 bridgehead atoms. The van der Waals surface area contributed by atoms with Gasteiger partial charge in [0.2, 0.25) is 5.91 Å². The lowest BCUT2D eigenvalue weighted by Crippen LogP contribution is -2.17. The zero-order valence-electron chi connectivity index (χ0n) is 17.2. The van der Waals surface area contributed by atoms with Gasteiger partial charge in [-0.05, 0) is 48.7 Å². The summed E-state index contributed by atoms with van der Waals surface area (Å²) in [5, 5.41) is 2.92. The molecule has 0 spiro atoms. The van der Waals surface area contributed by atoms with Gasteiger partial charge in [0.25, 0.3) is 5.56 Å². The number of carbonyl (C=O) groups excluding carboxylic acids is 1. The van der Waals surface area contributed by atoms with Crippen LogP contribution in [0.5, 0.6) is 5.75 Å². The van der Waals surface area contributed by atoms with E-state index in [-0.39, 0.29) is 18.1 Å². The van der Waals surface area contributed by atoms with E-state index in [0.717, 1.165) is 11.1 Å². The number of anilines is 1. The van der Waals surface area contributed by atoms with Gasteiger partial charge >= 0.3 is 0 Å².